The molecule has 0 spiro atoms. The highest BCUT2D eigenvalue weighted by atomic mass is 32.2. The van der Waals surface area contributed by atoms with Crippen LogP contribution < -0.4 is 10.5 Å². The molecule has 0 aliphatic heterocycles. The van der Waals surface area contributed by atoms with Crippen LogP contribution in [0.5, 0.6) is 0 Å². The molecule has 0 saturated carbocycles. The maximum absolute atomic E-state index is 12.8. The molecule has 2 aromatic carbocycles. The highest BCUT2D eigenvalue weighted by Crippen LogP contribution is 2.21. The van der Waals surface area contributed by atoms with Crippen molar-refractivity contribution < 1.29 is 12.8 Å². The molecular weight excluding hydrogens is 279 g/mol. The number of nitrogens with one attached hydrogen (secondary N) is 1. The molecule has 0 aliphatic carbocycles. The number of nitrogens with two attached hydrogens (primary N) is 1. The second kappa shape index (κ2) is 5.60. The third kappa shape index (κ3) is 3.15. The number of rotatable bonds is 4. The Morgan fingerprint density at radius 2 is 1.70 bits per heavy atom. The zero-order valence-corrected chi connectivity index (χ0v) is 11.7. The number of benzene rings is 2. The molecule has 20 heavy (non-hydrogen) atoms. The van der Waals surface area contributed by atoms with Gasteiger partial charge in [0.05, 0.1) is 4.90 Å². The lowest BCUT2D eigenvalue weighted by Crippen LogP contribution is -2.27. The van der Waals surface area contributed by atoms with Gasteiger partial charge in [0.15, 0.2) is 0 Å². The molecule has 0 bridgehead atoms. The minimum absolute atomic E-state index is 0.0141. The molecule has 3 N–H and O–H groups in total. The summed E-state index contributed by atoms with van der Waals surface area (Å²) in [5.41, 5.74) is 7.02. The van der Waals surface area contributed by atoms with E-state index in [4.69, 9.17) is 5.73 Å². The smallest absolute Gasteiger partial charge is 0.241 e. The first-order chi connectivity index (χ1) is 9.40. The van der Waals surface area contributed by atoms with Crippen LogP contribution in [0.25, 0.3) is 0 Å². The topological polar surface area (TPSA) is 72.2 Å². The molecule has 2 aromatic rings. The van der Waals surface area contributed by atoms with E-state index in [1.165, 1.54) is 12.1 Å². The summed E-state index contributed by atoms with van der Waals surface area (Å²) in [5.74, 6) is -0.482. The van der Waals surface area contributed by atoms with Crippen molar-refractivity contribution in [2.24, 2.45) is 0 Å². The van der Waals surface area contributed by atoms with Crippen LogP contribution in [0.4, 0.5) is 10.1 Å². The maximum Gasteiger partial charge on any atom is 0.241 e. The van der Waals surface area contributed by atoms with Crippen molar-refractivity contribution in [1.29, 1.82) is 0 Å². The maximum atomic E-state index is 12.8. The zero-order chi connectivity index (χ0) is 14.8. The van der Waals surface area contributed by atoms with Gasteiger partial charge in [-0.15, -0.1) is 0 Å². The molecule has 0 fully saturated rings. The van der Waals surface area contributed by atoms with Gasteiger partial charge in [-0.05, 0) is 42.8 Å². The molecule has 0 amide bonds. The Hall–Kier alpha value is -1.92. The molecule has 0 aromatic heterocycles. The van der Waals surface area contributed by atoms with Crippen LogP contribution in [0.2, 0.25) is 0 Å². The number of hydrogen-bond donors (Lipinski definition) is 2. The van der Waals surface area contributed by atoms with Gasteiger partial charge in [-0.3, -0.25) is 0 Å². The minimum atomic E-state index is -3.71. The van der Waals surface area contributed by atoms with E-state index in [0.717, 1.165) is 12.1 Å². The Morgan fingerprint density at radius 1 is 1.10 bits per heavy atom. The summed E-state index contributed by atoms with van der Waals surface area (Å²) in [5, 5.41) is 0. The van der Waals surface area contributed by atoms with Gasteiger partial charge in [0.25, 0.3) is 0 Å². The number of nitrogen functional groups attached to an aromatic ring is 1. The third-order valence-corrected chi connectivity index (χ3v) is 4.48. The van der Waals surface area contributed by atoms with E-state index in [-0.39, 0.29) is 4.90 Å². The number of anilines is 1. The average molecular weight is 294 g/mol. The van der Waals surface area contributed by atoms with Gasteiger partial charge in [0, 0.05) is 11.7 Å². The predicted molar refractivity (Wildman–Crippen MR) is 76.0 cm³/mol. The summed E-state index contributed by atoms with van der Waals surface area (Å²) in [4.78, 5) is 0.0141. The first kappa shape index (κ1) is 14.5. The number of hydrogen-bond acceptors (Lipinski definition) is 3. The monoisotopic (exact) mass is 294 g/mol. The molecule has 1 atom stereocenters. The fourth-order valence-electron chi connectivity index (χ4n) is 1.88. The second-order valence-corrected chi connectivity index (χ2v) is 6.14. The van der Waals surface area contributed by atoms with Crippen molar-refractivity contribution in [3.05, 3.63) is 59.9 Å². The Morgan fingerprint density at radius 3 is 2.30 bits per heavy atom. The van der Waals surface area contributed by atoms with Gasteiger partial charge in [-0.2, -0.15) is 0 Å². The normalized spacial score (nSPS) is 13.1. The van der Waals surface area contributed by atoms with Crippen molar-refractivity contribution in [3.8, 4) is 0 Å². The summed E-state index contributed by atoms with van der Waals surface area (Å²) in [6.07, 6.45) is 0. The van der Waals surface area contributed by atoms with Gasteiger partial charge in [-0.1, -0.05) is 18.2 Å². The molecule has 1 unspecified atom stereocenters. The van der Waals surface area contributed by atoms with Crippen LogP contribution in [-0.4, -0.2) is 8.42 Å². The van der Waals surface area contributed by atoms with E-state index in [2.05, 4.69) is 4.72 Å². The highest BCUT2D eigenvalue weighted by Gasteiger charge is 2.19. The molecule has 0 saturated heterocycles. The first-order valence-electron chi connectivity index (χ1n) is 6.02. The van der Waals surface area contributed by atoms with Gasteiger partial charge < -0.3 is 5.73 Å². The van der Waals surface area contributed by atoms with Crippen molar-refractivity contribution in [2.45, 2.75) is 17.9 Å². The van der Waals surface area contributed by atoms with E-state index < -0.39 is 21.9 Å². The number of sulfonamides is 1. The number of halogens is 1. The minimum Gasteiger partial charge on any atom is -0.398 e. The summed E-state index contributed by atoms with van der Waals surface area (Å²) in [7, 11) is -3.71. The van der Waals surface area contributed by atoms with Gasteiger partial charge >= 0.3 is 0 Å². The van der Waals surface area contributed by atoms with Crippen molar-refractivity contribution >= 4 is 15.7 Å². The molecule has 106 valence electrons. The molecule has 0 aliphatic rings. The lowest BCUT2D eigenvalue weighted by atomic mass is 10.1. The lowest BCUT2D eigenvalue weighted by molar-refractivity contribution is 0.566. The molecule has 0 radical (unpaired) electrons. The largest absolute Gasteiger partial charge is 0.398 e. The van der Waals surface area contributed by atoms with E-state index in [0.29, 0.717) is 11.3 Å². The highest BCUT2D eigenvalue weighted by molar-refractivity contribution is 7.89. The predicted octanol–water partition coefficient (Wildman–Crippen LogP) is 2.45. The summed E-state index contributed by atoms with van der Waals surface area (Å²) >= 11 is 0. The van der Waals surface area contributed by atoms with Crippen molar-refractivity contribution in [1.82, 2.24) is 4.72 Å². The lowest BCUT2D eigenvalue weighted by Gasteiger charge is -2.16. The van der Waals surface area contributed by atoms with Crippen LogP contribution in [0.15, 0.2) is 53.4 Å². The summed E-state index contributed by atoms with van der Waals surface area (Å²) in [6.45, 7) is 1.70. The molecule has 0 heterocycles. The molecule has 4 nitrogen and oxygen atoms in total. The summed E-state index contributed by atoms with van der Waals surface area (Å²) < 4.78 is 39.7. The third-order valence-electron chi connectivity index (χ3n) is 2.92. The van der Waals surface area contributed by atoms with Crippen LogP contribution in [-0.2, 0) is 10.0 Å². The molecular formula is C14H15FN2O2S. The fraction of sp³-hybridized carbons (Fsp3) is 0.143. The van der Waals surface area contributed by atoms with Crippen LogP contribution in [0.3, 0.4) is 0 Å². The second-order valence-electron chi connectivity index (χ2n) is 4.43. The standard InChI is InChI=1S/C14H15FN2O2S/c1-10(13-4-2-3-5-14(13)16)17-20(18,19)12-8-6-11(15)7-9-12/h2-10,17H,16H2,1H3. The quantitative estimate of drug-likeness (QED) is 0.851. The van der Waals surface area contributed by atoms with Gasteiger partial charge in [0.2, 0.25) is 10.0 Å². The van der Waals surface area contributed by atoms with E-state index in [1.807, 2.05) is 0 Å². The van der Waals surface area contributed by atoms with E-state index >= 15 is 0 Å². The average Bonchev–Trinajstić information content (AvgIpc) is 2.39. The molecule has 2 rings (SSSR count). The van der Waals surface area contributed by atoms with Crippen LogP contribution >= 0.6 is 0 Å². The SMILES string of the molecule is CC(NS(=O)(=O)c1ccc(F)cc1)c1ccccc1N. The Kier molecular flexibility index (Phi) is 4.06. The Balaban J connectivity index is 2.24. The van der Waals surface area contributed by atoms with Crippen molar-refractivity contribution in [2.75, 3.05) is 5.73 Å². The Bertz CT molecular complexity index is 699. The van der Waals surface area contributed by atoms with Crippen molar-refractivity contribution in [3.63, 3.8) is 0 Å². The summed E-state index contributed by atoms with van der Waals surface area (Å²) in [6, 6.07) is 11.2. The fourth-order valence-corrected chi connectivity index (χ4v) is 3.11. The van der Waals surface area contributed by atoms with Gasteiger partial charge in [-0.25, -0.2) is 17.5 Å². The van der Waals surface area contributed by atoms with Gasteiger partial charge in [0.1, 0.15) is 5.82 Å². The van der Waals surface area contributed by atoms with E-state index in [1.54, 1.807) is 31.2 Å². The molecule has 6 heteroatoms. The zero-order valence-electron chi connectivity index (χ0n) is 10.9. The van der Waals surface area contributed by atoms with Crippen LogP contribution in [0, 0.1) is 5.82 Å². The Labute approximate surface area is 117 Å². The number of para-hydroxylation sites is 1. The van der Waals surface area contributed by atoms with Crippen LogP contribution in [0.1, 0.15) is 18.5 Å². The van der Waals surface area contributed by atoms with E-state index in [9.17, 15) is 12.8 Å². The first-order valence-corrected chi connectivity index (χ1v) is 7.51.